The molecule has 1 atom stereocenters. The molecule has 2 N–H and O–H groups in total. The van der Waals surface area contributed by atoms with E-state index < -0.39 is 24.5 Å². The zero-order valence-electron chi connectivity index (χ0n) is 14.6. The number of benzene rings is 2. The summed E-state index contributed by atoms with van der Waals surface area (Å²) in [5, 5.41) is 11.8. The lowest BCUT2D eigenvalue weighted by Crippen LogP contribution is -2.45. The number of nitrogens with zero attached hydrogens (tertiary/aromatic N) is 1. The van der Waals surface area contributed by atoms with Crippen LogP contribution in [0.3, 0.4) is 0 Å². The Hall–Kier alpha value is -3.15. The van der Waals surface area contributed by atoms with Crippen molar-refractivity contribution in [1.82, 2.24) is 10.2 Å². The van der Waals surface area contributed by atoms with Gasteiger partial charge in [-0.3, -0.25) is 14.4 Å². The molecule has 0 saturated heterocycles. The third-order valence-electron chi connectivity index (χ3n) is 3.82. The molecule has 0 aliphatic rings. The van der Waals surface area contributed by atoms with Gasteiger partial charge in [-0.1, -0.05) is 55.5 Å². The second kappa shape index (κ2) is 9.36. The Morgan fingerprint density at radius 1 is 1.00 bits per heavy atom. The van der Waals surface area contributed by atoms with Gasteiger partial charge in [-0.15, -0.1) is 0 Å². The summed E-state index contributed by atoms with van der Waals surface area (Å²) >= 11 is 0. The van der Waals surface area contributed by atoms with E-state index in [4.69, 9.17) is 5.11 Å². The summed E-state index contributed by atoms with van der Waals surface area (Å²) in [5.41, 5.74) is 1.04. The lowest BCUT2D eigenvalue weighted by Gasteiger charge is -2.26. The molecule has 2 aromatic rings. The van der Waals surface area contributed by atoms with E-state index in [1.807, 2.05) is 13.0 Å². The van der Waals surface area contributed by atoms with Gasteiger partial charge >= 0.3 is 5.97 Å². The molecule has 2 aromatic carbocycles. The second-order valence-corrected chi connectivity index (χ2v) is 5.84. The normalized spacial score (nSPS) is 11.4. The van der Waals surface area contributed by atoms with Crippen molar-refractivity contribution < 1.29 is 19.5 Å². The van der Waals surface area contributed by atoms with E-state index in [2.05, 4.69) is 5.32 Å². The molecule has 0 fully saturated rings. The number of rotatable bonds is 8. The van der Waals surface area contributed by atoms with Gasteiger partial charge in [-0.25, -0.2) is 0 Å². The SMILES string of the molecule is CCCN(CC(=O)O)C(=O)C(NC(=O)c1ccccc1)c1ccccc1. The lowest BCUT2D eigenvalue weighted by molar-refractivity contribution is -0.145. The molecule has 0 aliphatic heterocycles. The minimum Gasteiger partial charge on any atom is -0.480 e. The van der Waals surface area contributed by atoms with Gasteiger partial charge in [0, 0.05) is 12.1 Å². The highest BCUT2D eigenvalue weighted by Crippen LogP contribution is 2.17. The largest absolute Gasteiger partial charge is 0.480 e. The van der Waals surface area contributed by atoms with Crippen LogP contribution in [-0.2, 0) is 9.59 Å². The molecule has 0 spiro atoms. The summed E-state index contributed by atoms with van der Waals surface area (Å²) < 4.78 is 0. The van der Waals surface area contributed by atoms with Gasteiger partial charge in [0.2, 0.25) is 5.91 Å². The highest BCUT2D eigenvalue weighted by Gasteiger charge is 2.28. The first-order chi connectivity index (χ1) is 12.5. The van der Waals surface area contributed by atoms with Crippen LogP contribution in [0.5, 0.6) is 0 Å². The van der Waals surface area contributed by atoms with Crippen molar-refractivity contribution in [2.24, 2.45) is 0 Å². The third-order valence-corrected chi connectivity index (χ3v) is 3.82. The molecule has 6 heteroatoms. The Morgan fingerprint density at radius 3 is 2.12 bits per heavy atom. The van der Waals surface area contributed by atoms with Crippen LogP contribution in [0.25, 0.3) is 0 Å². The van der Waals surface area contributed by atoms with Crippen molar-refractivity contribution >= 4 is 17.8 Å². The predicted octanol–water partition coefficient (Wildman–Crippen LogP) is 2.48. The van der Waals surface area contributed by atoms with Crippen LogP contribution in [0.1, 0.15) is 35.3 Å². The van der Waals surface area contributed by atoms with Gasteiger partial charge in [-0.2, -0.15) is 0 Å². The fourth-order valence-corrected chi connectivity index (χ4v) is 2.62. The molecule has 1 unspecified atom stereocenters. The topological polar surface area (TPSA) is 86.7 Å². The molecule has 6 nitrogen and oxygen atoms in total. The maximum atomic E-state index is 13.0. The van der Waals surface area contributed by atoms with Gasteiger partial charge in [0.15, 0.2) is 0 Å². The van der Waals surface area contributed by atoms with E-state index in [9.17, 15) is 14.4 Å². The number of carbonyl (C=O) groups is 3. The Labute approximate surface area is 152 Å². The van der Waals surface area contributed by atoms with Gasteiger partial charge in [0.05, 0.1) is 0 Å². The molecule has 136 valence electrons. The lowest BCUT2D eigenvalue weighted by atomic mass is 10.0. The molecule has 2 amide bonds. The van der Waals surface area contributed by atoms with Crippen molar-refractivity contribution in [3.8, 4) is 0 Å². The van der Waals surface area contributed by atoms with Gasteiger partial charge in [0.1, 0.15) is 12.6 Å². The summed E-state index contributed by atoms with van der Waals surface area (Å²) in [4.78, 5) is 37.9. The molecule has 0 heterocycles. The first-order valence-corrected chi connectivity index (χ1v) is 8.44. The third kappa shape index (κ3) is 5.17. The van der Waals surface area contributed by atoms with E-state index in [1.54, 1.807) is 54.6 Å². The Bertz CT molecular complexity index is 747. The standard InChI is InChI=1S/C20H22N2O4/c1-2-13-22(14-17(23)24)20(26)18(15-9-5-3-6-10-15)21-19(25)16-11-7-4-8-12-16/h3-12,18H,2,13-14H2,1H3,(H,21,25)(H,23,24). The average Bonchev–Trinajstić information content (AvgIpc) is 2.66. The van der Waals surface area contributed by atoms with Gasteiger partial charge < -0.3 is 15.3 Å². The van der Waals surface area contributed by atoms with Crippen LogP contribution in [0.2, 0.25) is 0 Å². The number of carboxylic acids is 1. The summed E-state index contributed by atoms with van der Waals surface area (Å²) in [7, 11) is 0. The maximum Gasteiger partial charge on any atom is 0.323 e. The molecular weight excluding hydrogens is 332 g/mol. The van der Waals surface area contributed by atoms with E-state index in [0.29, 0.717) is 24.1 Å². The van der Waals surface area contributed by atoms with Crippen molar-refractivity contribution in [1.29, 1.82) is 0 Å². The molecule has 0 radical (unpaired) electrons. The minimum absolute atomic E-state index is 0.301. The fourth-order valence-electron chi connectivity index (χ4n) is 2.62. The van der Waals surface area contributed by atoms with Crippen molar-refractivity contribution in [3.05, 3.63) is 71.8 Å². The van der Waals surface area contributed by atoms with Crippen LogP contribution < -0.4 is 5.32 Å². The molecule has 0 bridgehead atoms. The molecule has 2 rings (SSSR count). The van der Waals surface area contributed by atoms with Crippen molar-refractivity contribution in [3.63, 3.8) is 0 Å². The van der Waals surface area contributed by atoms with E-state index in [0.717, 1.165) is 0 Å². The van der Waals surface area contributed by atoms with E-state index in [-0.39, 0.29) is 5.91 Å². The van der Waals surface area contributed by atoms with Gasteiger partial charge in [0.25, 0.3) is 5.91 Å². The monoisotopic (exact) mass is 354 g/mol. The quantitative estimate of drug-likeness (QED) is 0.762. The highest BCUT2D eigenvalue weighted by atomic mass is 16.4. The van der Waals surface area contributed by atoms with Crippen LogP contribution in [-0.4, -0.2) is 40.9 Å². The van der Waals surface area contributed by atoms with Crippen molar-refractivity contribution in [2.45, 2.75) is 19.4 Å². The number of carboxylic acid groups (broad SMARTS) is 1. The Morgan fingerprint density at radius 2 is 1.58 bits per heavy atom. The highest BCUT2D eigenvalue weighted by molar-refractivity contribution is 5.98. The summed E-state index contributed by atoms with van der Waals surface area (Å²) in [6.07, 6.45) is 0.618. The summed E-state index contributed by atoms with van der Waals surface area (Å²) in [6.45, 7) is 1.76. The maximum absolute atomic E-state index is 13.0. The molecule has 26 heavy (non-hydrogen) atoms. The number of hydrogen-bond donors (Lipinski definition) is 2. The summed E-state index contributed by atoms with van der Waals surface area (Å²) in [5.74, 6) is -1.92. The Kier molecular flexibility index (Phi) is 6.91. The summed E-state index contributed by atoms with van der Waals surface area (Å²) in [6, 6.07) is 16.5. The Balaban J connectivity index is 2.30. The number of carbonyl (C=O) groups excluding carboxylic acids is 2. The average molecular weight is 354 g/mol. The predicted molar refractivity (Wildman–Crippen MR) is 97.6 cm³/mol. The van der Waals surface area contributed by atoms with E-state index >= 15 is 0 Å². The minimum atomic E-state index is -1.09. The first kappa shape index (κ1) is 19.2. The number of nitrogens with one attached hydrogen (secondary N) is 1. The zero-order chi connectivity index (χ0) is 18.9. The smallest absolute Gasteiger partial charge is 0.323 e. The van der Waals surface area contributed by atoms with Crippen LogP contribution in [0.4, 0.5) is 0 Å². The number of amides is 2. The van der Waals surface area contributed by atoms with Crippen molar-refractivity contribution in [2.75, 3.05) is 13.1 Å². The second-order valence-electron chi connectivity index (χ2n) is 5.84. The molecule has 0 saturated carbocycles. The first-order valence-electron chi connectivity index (χ1n) is 8.44. The number of aliphatic carboxylic acids is 1. The van der Waals surface area contributed by atoms with Crippen LogP contribution in [0, 0.1) is 0 Å². The van der Waals surface area contributed by atoms with Gasteiger partial charge in [-0.05, 0) is 24.1 Å². The molecule has 0 aromatic heterocycles. The van der Waals surface area contributed by atoms with Crippen LogP contribution >= 0.6 is 0 Å². The fraction of sp³-hybridized carbons (Fsp3) is 0.250. The molecular formula is C20H22N2O4. The zero-order valence-corrected chi connectivity index (χ0v) is 14.6. The van der Waals surface area contributed by atoms with E-state index in [1.165, 1.54) is 4.90 Å². The van der Waals surface area contributed by atoms with Crippen LogP contribution in [0.15, 0.2) is 60.7 Å². The number of hydrogen-bond acceptors (Lipinski definition) is 3. The molecule has 0 aliphatic carbocycles.